The van der Waals surface area contributed by atoms with Gasteiger partial charge in [-0.05, 0) is 24.0 Å². The Kier molecular flexibility index (Phi) is 7.30. The molecule has 0 saturated heterocycles. The number of para-hydroxylation sites is 1. The van der Waals surface area contributed by atoms with Gasteiger partial charge < -0.3 is 9.64 Å². The van der Waals surface area contributed by atoms with Crippen molar-refractivity contribution >= 4 is 5.91 Å². The van der Waals surface area contributed by atoms with E-state index in [-0.39, 0.29) is 12.5 Å². The van der Waals surface area contributed by atoms with Gasteiger partial charge in [0.2, 0.25) is 0 Å². The summed E-state index contributed by atoms with van der Waals surface area (Å²) < 4.78 is 5.74. The summed E-state index contributed by atoms with van der Waals surface area (Å²) in [6.45, 7) is 12.7. The van der Waals surface area contributed by atoms with E-state index in [2.05, 4.69) is 33.1 Å². The summed E-state index contributed by atoms with van der Waals surface area (Å²) in [6, 6.07) is 7.90. The minimum Gasteiger partial charge on any atom is -0.483 e. The maximum absolute atomic E-state index is 12.2. The Hall–Kier alpha value is -2.03. The van der Waals surface area contributed by atoms with Crippen LogP contribution in [-0.4, -0.2) is 30.5 Å². The Morgan fingerprint density at radius 1 is 1.29 bits per heavy atom. The highest BCUT2D eigenvalue weighted by Crippen LogP contribution is 2.28. The van der Waals surface area contributed by atoms with Crippen LogP contribution in [0.25, 0.3) is 0 Å². The molecule has 1 rings (SSSR count). The number of carbonyl (C=O) groups excluding carboxylic acids is 1. The standard InChI is InChI=1S/C18H25NO2/c1-5-12-19(13-6-2)18(20)14-21-17-11-9-8-10-16(17)15(4)7-3/h5-6,8-11,15H,1-2,7,12-14H2,3-4H3. The molecule has 114 valence electrons. The first-order chi connectivity index (χ1) is 10.1. The van der Waals surface area contributed by atoms with Gasteiger partial charge in [0.1, 0.15) is 5.75 Å². The average molecular weight is 287 g/mol. The normalized spacial score (nSPS) is 11.5. The fourth-order valence-electron chi connectivity index (χ4n) is 2.06. The van der Waals surface area contributed by atoms with E-state index in [4.69, 9.17) is 4.74 Å². The Bertz CT molecular complexity index is 472. The van der Waals surface area contributed by atoms with E-state index >= 15 is 0 Å². The van der Waals surface area contributed by atoms with E-state index < -0.39 is 0 Å². The van der Waals surface area contributed by atoms with Gasteiger partial charge in [-0.1, -0.05) is 44.2 Å². The van der Waals surface area contributed by atoms with Crippen molar-refractivity contribution < 1.29 is 9.53 Å². The van der Waals surface area contributed by atoms with Crippen molar-refractivity contribution in [2.45, 2.75) is 26.2 Å². The summed E-state index contributed by atoms with van der Waals surface area (Å²) in [5.41, 5.74) is 1.15. The molecule has 0 radical (unpaired) electrons. The van der Waals surface area contributed by atoms with Gasteiger partial charge >= 0.3 is 0 Å². The van der Waals surface area contributed by atoms with Crippen molar-refractivity contribution in [3.8, 4) is 5.75 Å². The summed E-state index contributed by atoms with van der Waals surface area (Å²) in [4.78, 5) is 13.8. The van der Waals surface area contributed by atoms with Crippen LogP contribution in [0, 0.1) is 0 Å². The van der Waals surface area contributed by atoms with E-state index in [9.17, 15) is 4.79 Å². The zero-order chi connectivity index (χ0) is 15.7. The summed E-state index contributed by atoms with van der Waals surface area (Å²) in [6.07, 6.45) is 4.44. The van der Waals surface area contributed by atoms with Crippen LogP contribution in [-0.2, 0) is 4.79 Å². The molecule has 3 nitrogen and oxygen atoms in total. The molecule has 1 amide bonds. The Morgan fingerprint density at radius 3 is 2.48 bits per heavy atom. The molecule has 0 N–H and O–H groups in total. The molecule has 3 heteroatoms. The molecule has 0 heterocycles. The lowest BCUT2D eigenvalue weighted by Crippen LogP contribution is -2.35. The molecule has 0 fully saturated rings. The lowest BCUT2D eigenvalue weighted by Gasteiger charge is -2.20. The first kappa shape index (κ1) is 17.0. The van der Waals surface area contributed by atoms with Gasteiger partial charge in [-0.25, -0.2) is 0 Å². The highest BCUT2D eigenvalue weighted by atomic mass is 16.5. The van der Waals surface area contributed by atoms with E-state index in [0.29, 0.717) is 19.0 Å². The first-order valence-electron chi connectivity index (χ1n) is 7.35. The van der Waals surface area contributed by atoms with Gasteiger partial charge in [0.15, 0.2) is 6.61 Å². The van der Waals surface area contributed by atoms with Crippen molar-refractivity contribution in [3.05, 3.63) is 55.1 Å². The third-order valence-corrected chi connectivity index (χ3v) is 3.47. The second-order valence-electron chi connectivity index (χ2n) is 5.01. The zero-order valence-corrected chi connectivity index (χ0v) is 13.0. The SMILES string of the molecule is C=CCN(CC=C)C(=O)COc1ccccc1C(C)CC. The van der Waals surface area contributed by atoms with Crippen LogP contribution in [0.4, 0.5) is 0 Å². The van der Waals surface area contributed by atoms with Crippen LogP contribution in [0.15, 0.2) is 49.6 Å². The van der Waals surface area contributed by atoms with Crippen LogP contribution < -0.4 is 4.74 Å². The molecule has 21 heavy (non-hydrogen) atoms. The predicted octanol–water partition coefficient (Wildman–Crippen LogP) is 3.78. The molecule has 0 aromatic heterocycles. The lowest BCUT2D eigenvalue weighted by molar-refractivity contribution is -0.132. The number of benzene rings is 1. The molecule has 1 unspecified atom stereocenters. The average Bonchev–Trinajstić information content (AvgIpc) is 2.52. The van der Waals surface area contributed by atoms with Crippen LogP contribution in [0.3, 0.4) is 0 Å². The molecular formula is C18H25NO2. The van der Waals surface area contributed by atoms with Gasteiger partial charge in [0.25, 0.3) is 5.91 Å². The molecule has 0 saturated carbocycles. The number of hydrogen-bond acceptors (Lipinski definition) is 2. The number of carbonyl (C=O) groups is 1. The molecule has 0 bridgehead atoms. The van der Waals surface area contributed by atoms with Crippen LogP contribution >= 0.6 is 0 Å². The molecule has 0 aliphatic heterocycles. The lowest BCUT2D eigenvalue weighted by atomic mass is 9.98. The highest BCUT2D eigenvalue weighted by molar-refractivity contribution is 5.78. The molecule has 0 aliphatic rings. The second-order valence-corrected chi connectivity index (χ2v) is 5.01. The largest absolute Gasteiger partial charge is 0.483 e. The maximum Gasteiger partial charge on any atom is 0.261 e. The Labute approximate surface area is 127 Å². The number of ether oxygens (including phenoxy) is 1. The topological polar surface area (TPSA) is 29.5 Å². The van der Waals surface area contributed by atoms with Crippen LogP contribution in [0.2, 0.25) is 0 Å². The number of hydrogen-bond donors (Lipinski definition) is 0. The van der Waals surface area contributed by atoms with E-state index in [1.54, 1.807) is 17.1 Å². The third-order valence-electron chi connectivity index (χ3n) is 3.47. The van der Waals surface area contributed by atoms with E-state index in [1.807, 2.05) is 18.2 Å². The maximum atomic E-state index is 12.2. The zero-order valence-electron chi connectivity index (χ0n) is 13.0. The van der Waals surface area contributed by atoms with Crippen molar-refractivity contribution in [2.24, 2.45) is 0 Å². The van der Waals surface area contributed by atoms with E-state index in [0.717, 1.165) is 17.7 Å². The quantitative estimate of drug-likeness (QED) is 0.647. The first-order valence-corrected chi connectivity index (χ1v) is 7.35. The number of nitrogens with zero attached hydrogens (tertiary/aromatic N) is 1. The molecule has 1 aromatic rings. The summed E-state index contributed by atoms with van der Waals surface area (Å²) >= 11 is 0. The fourth-order valence-corrected chi connectivity index (χ4v) is 2.06. The number of amides is 1. The minimum absolute atomic E-state index is 0.0368. The van der Waals surface area contributed by atoms with Crippen LogP contribution in [0.1, 0.15) is 31.7 Å². The van der Waals surface area contributed by atoms with E-state index in [1.165, 1.54) is 0 Å². The smallest absolute Gasteiger partial charge is 0.261 e. The van der Waals surface area contributed by atoms with Crippen LogP contribution in [0.5, 0.6) is 5.75 Å². The molecular weight excluding hydrogens is 262 g/mol. The van der Waals surface area contributed by atoms with Gasteiger partial charge in [0, 0.05) is 13.1 Å². The molecule has 1 atom stereocenters. The van der Waals surface area contributed by atoms with Crippen molar-refractivity contribution in [1.29, 1.82) is 0 Å². The highest BCUT2D eigenvalue weighted by Gasteiger charge is 2.14. The van der Waals surface area contributed by atoms with Gasteiger partial charge in [-0.3, -0.25) is 4.79 Å². The Balaban J connectivity index is 2.72. The van der Waals surface area contributed by atoms with Crippen molar-refractivity contribution in [3.63, 3.8) is 0 Å². The summed E-state index contributed by atoms with van der Waals surface area (Å²) in [5, 5.41) is 0. The van der Waals surface area contributed by atoms with Crippen molar-refractivity contribution in [2.75, 3.05) is 19.7 Å². The van der Waals surface area contributed by atoms with Gasteiger partial charge in [0.05, 0.1) is 0 Å². The summed E-state index contributed by atoms with van der Waals surface area (Å²) in [7, 11) is 0. The van der Waals surface area contributed by atoms with Gasteiger partial charge in [-0.15, -0.1) is 13.2 Å². The number of rotatable bonds is 9. The fraction of sp³-hybridized carbons (Fsp3) is 0.389. The predicted molar refractivity (Wildman–Crippen MR) is 87.6 cm³/mol. The molecule has 1 aromatic carbocycles. The molecule has 0 spiro atoms. The van der Waals surface area contributed by atoms with Gasteiger partial charge in [-0.2, -0.15) is 0 Å². The Morgan fingerprint density at radius 2 is 1.90 bits per heavy atom. The second kappa shape index (κ2) is 9.01. The minimum atomic E-state index is -0.0613. The summed E-state index contributed by atoms with van der Waals surface area (Å²) in [5.74, 6) is 1.14. The van der Waals surface area contributed by atoms with Crippen molar-refractivity contribution in [1.82, 2.24) is 4.90 Å². The molecule has 0 aliphatic carbocycles. The third kappa shape index (κ3) is 5.10. The monoisotopic (exact) mass is 287 g/mol.